The molecule has 3 heterocycles. The molecule has 2 aliphatic heterocycles. The Balaban J connectivity index is 0.000000191. The number of nitrogens with zero attached hydrogens (tertiary/aromatic N) is 5. The maximum absolute atomic E-state index is 11.8. The third kappa shape index (κ3) is 9.57. The van der Waals surface area contributed by atoms with E-state index in [9.17, 15) is 9.90 Å². The summed E-state index contributed by atoms with van der Waals surface area (Å²) in [6.45, 7) is 10.1. The van der Waals surface area contributed by atoms with Crippen LogP contribution >= 0.6 is 0 Å². The van der Waals surface area contributed by atoms with Crippen molar-refractivity contribution in [2.45, 2.75) is 71.1 Å². The highest BCUT2D eigenvalue weighted by Gasteiger charge is 2.44. The molecule has 1 aromatic heterocycles. The normalized spacial score (nSPS) is 17.2. The first-order valence-electron chi connectivity index (χ1n) is 19.6. The number of aliphatic carboxylic acids is 1. The number of aromatic nitrogens is 4. The summed E-state index contributed by atoms with van der Waals surface area (Å²) in [5, 5.41) is 19.1. The number of carbonyl (C=O) groups is 1. The summed E-state index contributed by atoms with van der Waals surface area (Å²) in [7, 11) is 0. The van der Waals surface area contributed by atoms with Crippen LogP contribution in [0.5, 0.6) is 11.5 Å². The number of carboxylic acid groups (broad SMARTS) is 1. The lowest BCUT2D eigenvalue weighted by Gasteiger charge is -2.41. The van der Waals surface area contributed by atoms with Gasteiger partial charge in [0.1, 0.15) is 17.2 Å². The van der Waals surface area contributed by atoms with E-state index in [2.05, 4.69) is 23.1 Å². The molecule has 0 bridgehead atoms. The van der Waals surface area contributed by atoms with Crippen LogP contribution in [0.3, 0.4) is 0 Å². The molecule has 5 aromatic rings. The third-order valence-electron chi connectivity index (χ3n) is 11.4. The van der Waals surface area contributed by atoms with Gasteiger partial charge in [0.25, 0.3) is 0 Å². The number of benzene rings is 4. The van der Waals surface area contributed by atoms with Crippen LogP contribution in [-0.2, 0) is 10.2 Å². The van der Waals surface area contributed by atoms with Gasteiger partial charge in [-0.25, -0.2) is 0 Å². The van der Waals surface area contributed by atoms with Crippen molar-refractivity contribution in [2.24, 2.45) is 17.3 Å². The summed E-state index contributed by atoms with van der Waals surface area (Å²) in [5.41, 5.74) is 4.01. The molecule has 1 unspecified atom stereocenters. The molecule has 0 radical (unpaired) electrons. The molecule has 0 amide bonds. The second kappa shape index (κ2) is 17.8. The Kier molecular flexibility index (Phi) is 12.9. The molecule has 290 valence electrons. The SMILES string of the molecule is CC(C)(C)C(CN1CCC2(CC1)COc1ccc(OCC3CCCCC3)cc12)C(=O)O.[Cl-].c1ccc(-c2nn(-c3ccccc3)[n+](-c3ccccc3)n2)cc1. The summed E-state index contributed by atoms with van der Waals surface area (Å²) in [4.78, 5) is 17.8. The van der Waals surface area contributed by atoms with Crippen molar-refractivity contribution in [2.75, 3.05) is 32.8 Å². The molecular weight excluding hydrogens is 710 g/mol. The smallest absolute Gasteiger partial charge is 0.340 e. The van der Waals surface area contributed by atoms with Gasteiger partial charge in [0.2, 0.25) is 0 Å². The van der Waals surface area contributed by atoms with Crippen LogP contribution in [-0.4, -0.2) is 63.8 Å². The van der Waals surface area contributed by atoms with E-state index in [1.807, 2.05) is 121 Å². The quantitative estimate of drug-likeness (QED) is 0.203. The van der Waals surface area contributed by atoms with Crippen molar-refractivity contribution in [3.63, 3.8) is 0 Å². The summed E-state index contributed by atoms with van der Waals surface area (Å²) in [6.07, 6.45) is 8.63. The molecule has 1 saturated heterocycles. The summed E-state index contributed by atoms with van der Waals surface area (Å²) in [6, 6.07) is 36.4. The Bertz CT molecular complexity index is 1910. The average Bonchev–Trinajstić information content (AvgIpc) is 3.80. The molecule has 3 aliphatic rings. The van der Waals surface area contributed by atoms with E-state index in [4.69, 9.17) is 19.7 Å². The minimum absolute atomic E-state index is 0. The number of rotatable bonds is 9. The van der Waals surface area contributed by atoms with E-state index in [1.165, 1.54) is 37.7 Å². The van der Waals surface area contributed by atoms with Crippen molar-refractivity contribution in [3.8, 4) is 34.3 Å². The van der Waals surface area contributed by atoms with Gasteiger partial charge in [0.05, 0.1) is 29.8 Å². The monoisotopic (exact) mass is 763 g/mol. The van der Waals surface area contributed by atoms with E-state index in [-0.39, 0.29) is 29.2 Å². The number of hydrogen-bond donors (Lipinski definition) is 1. The number of fused-ring (bicyclic) bond motifs is 2. The molecule has 1 aliphatic carbocycles. The third-order valence-corrected chi connectivity index (χ3v) is 11.4. The lowest BCUT2D eigenvalue weighted by Crippen LogP contribution is -3.00. The molecule has 1 N–H and O–H groups in total. The molecule has 2 fully saturated rings. The van der Waals surface area contributed by atoms with Gasteiger partial charge in [0, 0.05) is 22.3 Å². The first kappa shape index (κ1) is 39.9. The molecule has 1 saturated carbocycles. The van der Waals surface area contributed by atoms with Crippen LogP contribution < -0.4 is 26.7 Å². The van der Waals surface area contributed by atoms with Crippen molar-refractivity contribution in [1.82, 2.24) is 19.9 Å². The molecule has 8 rings (SSSR count). The number of hydrogen-bond acceptors (Lipinski definition) is 6. The minimum Gasteiger partial charge on any atom is -1.00 e. The van der Waals surface area contributed by atoms with Gasteiger partial charge in [-0.2, -0.15) is 0 Å². The van der Waals surface area contributed by atoms with Crippen LogP contribution in [0, 0.1) is 17.3 Å². The molecule has 4 aromatic carbocycles. The van der Waals surface area contributed by atoms with E-state index in [0.717, 1.165) is 67.6 Å². The number of likely N-dealkylation sites (tertiary alicyclic amines) is 1. The Labute approximate surface area is 331 Å². The van der Waals surface area contributed by atoms with Gasteiger partial charge in [-0.15, -0.1) is 0 Å². The summed E-state index contributed by atoms with van der Waals surface area (Å²) in [5.74, 6) is 2.31. The highest BCUT2D eigenvalue weighted by Crippen LogP contribution is 2.47. The van der Waals surface area contributed by atoms with Gasteiger partial charge < -0.3 is 31.9 Å². The number of piperidine rings is 1. The zero-order valence-electron chi connectivity index (χ0n) is 32.3. The van der Waals surface area contributed by atoms with Gasteiger partial charge in [-0.05, 0) is 115 Å². The van der Waals surface area contributed by atoms with Gasteiger partial charge in [0.15, 0.2) is 5.69 Å². The maximum atomic E-state index is 11.8. The lowest BCUT2D eigenvalue weighted by atomic mass is 9.73. The van der Waals surface area contributed by atoms with Crippen LogP contribution in [0.1, 0.15) is 71.3 Å². The number of ether oxygens (including phenoxy) is 2. The fourth-order valence-corrected chi connectivity index (χ4v) is 8.00. The van der Waals surface area contributed by atoms with Crippen LogP contribution in [0.25, 0.3) is 22.8 Å². The topological polar surface area (TPSA) is 93.6 Å². The Morgan fingerprint density at radius 2 is 1.55 bits per heavy atom. The fourth-order valence-electron chi connectivity index (χ4n) is 8.00. The van der Waals surface area contributed by atoms with Crippen molar-refractivity contribution in [3.05, 3.63) is 115 Å². The summed E-state index contributed by atoms with van der Waals surface area (Å²) >= 11 is 0. The predicted octanol–water partition coefficient (Wildman–Crippen LogP) is 5.33. The second-order valence-electron chi connectivity index (χ2n) is 16.2. The number of para-hydroxylation sites is 2. The van der Waals surface area contributed by atoms with Gasteiger partial charge in [-0.3, -0.25) is 4.79 Å². The first-order valence-corrected chi connectivity index (χ1v) is 19.6. The Morgan fingerprint density at radius 1 is 0.909 bits per heavy atom. The fraction of sp³-hybridized carbons (Fsp3) is 0.422. The lowest BCUT2D eigenvalue weighted by molar-refractivity contribution is -0.734. The highest BCUT2D eigenvalue weighted by atomic mass is 35.5. The molecule has 1 atom stereocenters. The standard InChI is InChI=1S/C26H39NO4.C19H15N4.ClH/c1-25(2,3)22(24(28)29)16-27-13-11-26(12-14-27)18-31-23-10-9-20(15-21(23)26)30-17-19-7-5-4-6-8-19;1-4-10-16(11-5-1)19-20-22(17-12-6-2-7-13-17)23(21-19)18-14-8-3-9-15-18;/h9-10,15,19,22H,4-8,11-14,16-18H2,1-3H3,(H,28,29);1-15H;1H/q;+1;/p-1. The van der Waals surface area contributed by atoms with E-state index < -0.39 is 5.97 Å². The van der Waals surface area contributed by atoms with Crippen LogP contribution in [0.15, 0.2) is 109 Å². The molecule has 9 nitrogen and oxygen atoms in total. The molecule has 10 heteroatoms. The van der Waals surface area contributed by atoms with Crippen molar-refractivity contribution in [1.29, 1.82) is 0 Å². The first-order chi connectivity index (χ1) is 26.2. The maximum Gasteiger partial charge on any atom is 0.340 e. The minimum atomic E-state index is -0.693. The van der Waals surface area contributed by atoms with E-state index in [0.29, 0.717) is 18.3 Å². The van der Waals surface area contributed by atoms with E-state index in [1.54, 1.807) is 0 Å². The van der Waals surface area contributed by atoms with E-state index >= 15 is 0 Å². The van der Waals surface area contributed by atoms with Crippen LogP contribution in [0.2, 0.25) is 0 Å². The average molecular weight is 764 g/mol. The number of halogens is 1. The van der Waals surface area contributed by atoms with Gasteiger partial charge >= 0.3 is 11.8 Å². The predicted molar refractivity (Wildman–Crippen MR) is 210 cm³/mol. The Hall–Kier alpha value is -4.73. The zero-order valence-corrected chi connectivity index (χ0v) is 33.1. The number of tetrazole rings is 1. The van der Waals surface area contributed by atoms with Crippen LogP contribution in [0.4, 0.5) is 0 Å². The van der Waals surface area contributed by atoms with Crippen molar-refractivity contribution >= 4 is 5.97 Å². The molecular formula is C45H54ClN5O4. The second-order valence-corrected chi connectivity index (χ2v) is 16.2. The highest BCUT2D eigenvalue weighted by molar-refractivity contribution is 5.71. The Morgan fingerprint density at radius 3 is 2.18 bits per heavy atom. The van der Waals surface area contributed by atoms with Crippen molar-refractivity contribution < 1.29 is 36.6 Å². The zero-order chi connectivity index (χ0) is 37.5. The van der Waals surface area contributed by atoms with Gasteiger partial charge in [-0.1, -0.05) is 94.6 Å². The molecule has 1 spiro atoms. The number of carboxylic acids is 1. The largest absolute Gasteiger partial charge is 1.00 e. The molecule has 55 heavy (non-hydrogen) atoms. The summed E-state index contributed by atoms with van der Waals surface area (Å²) < 4.78 is 12.3.